The van der Waals surface area contributed by atoms with E-state index in [1.54, 1.807) is 0 Å². The zero-order valence-corrected chi connectivity index (χ0v) is 21.6. The number of anilines is 1. The lowest BCUT2D eigenvalue weighted by Crippen LogP contribution is -2.39. The smallest absolute Gasteiger partial charge is 0.315 e. The first kappa shape index (κ1) is 24.5. The summed E-state index contributed by atoms with van der Waals surface area (Å²) in [6.07, 6.45) is 6.35. The second kappa shape index (κ2) is 10.4. The van der Waals surface area contributed by atoms with Crippen molar-refractivity contribution in [2.24, 2.45) is 10.9 Å². The maximum absolute atomic E-state index is 13.7. The first-order valence-electron chi connectivity index (χ1n) is 13.3. The van der Waals surface area contributed by atoms with Crippen LogP contribution in [-0.4, -0.2) is 37.7 Å². The van der Waals surface area contributed by atoms with Crippen molar-refractivity contribution < 1.29 is 14.3 Å². The Morgan fingerprint density at radius 3 is 2.28 bits per heavy atom. The highest BCUT2D eigenvalue weighted by atomic mass is 16.5. The van der Waals surface area contributed by atoms with Gasteiger partial charge in [-0.05, 0) is 68.2 Å². The fourth-order valence-electron chi connectivity index (χ4n) is 6.09. The Morgan fingerprint density at radius 1 is 0.917 bits per heavy atom. The van der Waals surface area contributed by atoms with Crippen LogP contribution in [0.5, 0.6) is 0 Å². The summed E-state index contributed by atoms with van der Waals surface area (Å²) in [5, 5.41) is 0. The minimum atomic E-state index is -0.576. The van der Waals surface area contributed by atoms with Crippen LogP contribution in [0, 0.1) is 5.92 Å². The van der Waals surface area contributed by atoms with Gasteiger partial charge in [-0.1, -0.05) is 48.9 Å². The molecule has 2 aromatic carbocycles. The zero-order chi connectivity index (χ0) is 25.2. The fraction of sp³-hybridized carbons (Fsp3) is 0.452. The van der Waals surface area contributed by atoms with Gasteiger partial charge in [0, 0.05) is 49.1 Å². The van der Waals surface area contributed by atoms with Gasteiger partial charge in [0.2, 0.25) is 0 Å². The third kappa shape index (κ3) is 4.88. The average molecular weight is 485 g/mol. The molecule has 1 saturated carbocycles. The summed E-state index contributed by atoms with van der Waals surface area (Å²) in [5.41, 5.74) is 5.50. The Bertz CT molecular complexity index is 1170. The van der Waals surface area contributed by atoms with E-state index in [-0.39, 0.29) is 29.7 Å². The van der Waals surface area contributed by atoms with E-state index < -0.39 is 5.92 Å². The molecule has 3 aliphatic rings. The van der Waals surface area contributed by atoms with Crippen LogP contribution in [0.15, 0.2) is 70.9 Å². The summed E-state index contributed by atoms with van der Waals surface area (Å²) in [6.45, 7) is 1.92. The highest BCUT2D eigenvalue weighted by Gasteiger charge is 2.45. The van der Waals surface area contributed by atoms with Gasteiger partial charge >= 0.3 is 5.97 Å². The Balaban J connectivity index is 1.53. The summed E-state index contributed by atoms with van der Waals surface area (Å²) in [5.74, 6) is -0.980. The van der Waals surface area contributed by atoms with Gasteiger partial charge in [-0.2, -0.15) is 0 Å². The molecule has 1 heterocycles. The Kier molecular flexibility index (Phi) is 7.08. The van der Waals surface area contributed by atoms with Crippen LogP contribution < -0.4 is 4.90 Å². The zero-order valence-electron chi connectivity index (χ0n) is 21.6. The van der Waals surface area contributed by atoms with E-state index in [1.165, 1.54) is 6.42 Å². The molecule has 1 aliphatic heterocycles. The maximum Gasteiger partial charge on any atom is 0.315 e. The minimum Gasteiger partial charge on any atom is -0.462 e. The topological polar surface area (TPSA) is 59.0 Å². The Labute approximate surface area is 214 Å². The lowest BCUT2D eigenvalue weighted by Gasteiger charge is -2.37. The van der Waals surface area contributed by atoms with Crippen molar-refractivity contribution in [2.75, 3.05) is 19.0 Å². The van der Waals surface area contributed by atoms with Gasteiger partial charge < -0.3 is 9.64 Å². The molecule has 2 aromatic rings. The molecular weight excluding hydrogens is 448 g/mol. The monoisotopic (exact) mass is 484 g/mol. The molecule has 5 heteroatoms. The molecule has 0 saturated heterocycles. The third-order valence-electron chi connectivity index (χ3n) is 8.02. The molecule has 0 spiro atoms. The van der Waals surface area contributed by atoms with E-state index in [9.17, 15) is 9.59 Å². The Morgan fingerprint density at radius 2 is 1.61 bits per heavy atom. The second-order valence-electron chi connectivity index (χ2n) is 10.7. The van der Waals surface area contributed by atoms with Crippen LogP contribution in [0.1, 0.15) is 74.8 Å². The van der Waals surface area contributed by atoms with E-state index >= 15 is 0 Å². The number of hydrogen-bond donors (Lipinski definition) is 0. The first-order valence-corrected chi connectivity index (χ1v) is 13.3. The highest BCUT2D eigenvalue weighted by Crippen LogP contribution is 2.47. The molecule has 5 rings (SSSR count). The number of aliphatic imine (C=N–C) groups is 1. The molecule has 0 bridgehead atoms. The quantitative estimate of drug-likeness (QED) is 0.474. The summed E-state index contributed by atoms with van der Waals surface area (Å²) in [7, 11) is 4.01. The van der Waals surface area contributed by atoms with Gasteiger partial charge in [-0.15, -0.1) is 0 Å². The molecule has 0 amide bonds. The van der Waals surface area contributed by atoms with Crippen molar-refractivity contribution in [1.82, 2.24) is 0 Å². The van der Waals surface area contributed by atoms with Crippen LogP contribution in [0.2, 0.25) is 0 Å². The lowest BCUT2D eigenvalue weighted by molar-refractivity contribution is -0.153. The van der Waals surface area contributed by atoms with E-state index in [2.05, 4.69) is 36.4 Å². The van der Waals surface area contributed by atoms with Crippen LogP contribution in [0.4, 0.5) is 5.69 Å². The predicted molar refractivity (Wildman–Crippen MR) is 144 cm³/mol. The van der Waals surface area contributed by atoms with E-state index in [1.807, 2.05) is 44.1 Å². The third-order valence-corrected chi connectivity index (χ3v) is 8.02. The number of Topliss-reactive ketones (excluding diaryl/α,β-unsaturated/α-hetero) is 1. The summed E-state index contributed by atoms with van der Waals surface area (Å²) in [6, 6.07) is 18.4. The van der Waals surface area contributed by atoms with E-state index in [0.29, 0.717) is 18.4 Å². The number of carbonyl (C=O) groups excluding carboxylic acids is 2. The highest BCUT2D eigenvalue weighted by molar-refractivity contribution is 6.09. The molecule has 36 heavy (non-hydrogen) atoms. The standard InChI is InChI=1S/C31H36N2O3/c1-20-28(31(35)36-25-12-8-5-9-13-25)29(22-14-16-24(17-15-22)33(2)3)30-26(32-20)18-23(19-27(30)34)21-10-6-4-7-11-21/h4,6-7,10-11,14-17,23,25,28-29H,5,8-9,12-13,18-19H2,1-3H3/t23-,28?,29+/m1/s1. The lowest BCUT2D eigenvalue weighted by atomic mass is 9.69. The molecule has 0 N–H and O–H groups in total. The van der Waals surface area contributed by atoms with Gasteiger partial charge in [-0.3, -0.25) is 14.6 Å². The second-order valence-corrected chi connectivity index (χ2v) is 10.7. The molecule has 0 radical (unpaired) electrons. The van der Waals surface area contributed by atoms with Crippen molar-refractivity contribution in [3.8, 4) is 0 Å². The number of ketones is 1. The van der Waals surface area contributed by atoms with Crippen molar-refractivity contribution in [3.63, 3.8) is 0 Å². The predicted octanol–water partition coefficient (Wildman–Crippen LogP) is 6.20. The number of hydrogen-bond acceptors (Lipinski definition) is 5. The number of ether oxygens (including phenoxy) is 1. The summed E-state index contributed by atoms with van der Waals surface area (Å²) < 4.78 is 6.06. The average Bonchev–Trinajstić information content (AvgIpc) is 2.89. The molecule has 0 aromatic heterocycles. The summed E-state index contributed by atoms with van der Waals surface area (Å²) in [4.78, 5) is 34.4. The maximum atomic E-state index is 13.7. The van der Waals surface area contributed by atoms with Crippen LogP contribution in [0.25, 0.3) is 0 Å². The number of esters is 1. The van der Waals surface area contributed by atoms with Crippen LogP contribution in [-0.2, 0) is 14.3 Å². The van der Waals surface area contributed by atoms with Crippen molar-refractivity contribution in [1.29, 1.82) is 0 Å². The van der Waals surface area contributed by atoms with Crippen LogP contribution >= 0.6 is 0 Å². The van der Waals surface area contributed by atoms with Gasteiger partial charge in [0.25, 0.3) is 0 Å². The SMILES string of the molecule is CC1=NC2=C(C(=O)C[C@H](c3ccccc3)C2)[C@@H](c2ccc(N(C)C)cc2)C1C(=O)OC1CCCCC1. The first-order chi connectivity index (χ1) is 17.4. The number of benzene rings is 2. The van der Waals surface area contributed by atoms with Gasteiger partial charge in [-0.25, -0.2) is 0 Å². The number of carbonyl (C=O) groups is 2. The number of nitrogens with zero attached hydrogens (tertiary/aromatic N) is 2. The van der Waals surface area contributed by atoms with Gasteiger partial charge in [0.1, 0.15) is 12.0 Å². The van der Waals surface area contributed by atoms with Gasteiger partial charge in [0.15, 0.2) is 5.78 Å². The normalized spacial score (nSPS) is 24.7. The molecule has 5 nitrogen and oxygen atoms in total. The minimum absolute atomic E-state index is 0.0317. The fourth-order valence-corrected chi connectivity index (χ4v) is 6.09. The Hall–Kier alpha value is -3.21. The largest absolute Gasteiger partial charge is 0.462 e. The molecule has 3 atom stereocenters. The molecule has 1 fully saturated rings. The molecule has 2 aliphatic carbocycles. The van der Waals surface area contributed by atoms with E-state index in [4.69, 9.17) is 9.73 Å². The number of allylic oxidation sites excluding steroid dienone is 2. The number of rotatable bonds is 5. The van der Waals surface area contributed by atoms with Crippen LogP contribution in [0.3, 0.4) is 0 Å². The summed E-state index contributed by atoms with van der Waals surface area (Å²) >= 11 is 0. The van der Waals surface area contributed by atoms with Crippen molar-refractivity contribution in [3.05, 3.63) is 77.0 Å². The molecular formula is C31H36N2O3. The molecule has 1 unspecified atom stereocenters. The van der Waals surface area contributed by atoms with E-state index in [0.717, 1.165) is 53.9 Å². The van der Waals surface area contributed by atoms with Crippen molar-refractivity contribution >= 4 is 23.2 Å². The van der Waals surface area contributed by atoms with Crippen molar-refractivity contribution in [2.45, 2.75) is 69.8 Å². The van der Waals surface area contributed by atoms with Gasteiger partial charge in [0.05, 0.1) is 0 Å². The molecule has 188 valence electrons.